The van der Waals surface area contributed by atoms with Crippen molar-refractivity contribution in [3.63, 3.8) is 0 Å². The Morgan fingerprint density at radius 3 is 2.37 bits per heavy atom. The van der Waals surface area contributed by atoms with Gasteiger partial charge in [0, 0.05) is 5.02 Å². The van der Waals surface area contributed by atoms with Gasteiger partial charge in [-0.2, -0.15) is 0 Å². The van der Waals surface area contributed by atoms with E-state index >= 15 is 0 Å². The summed E-state index contributed by atoms with van der Waals surface area (Å²) >= 11 is 12.0. The third kappa shape index (κ3) is 5.61. The minimum Gasteiger partial charge on any atom is -0.348 e. The Kier molecular flexibility index (Phi) is 6.78. The van der Waals surface area contributed by atoms with E-state index in [0.29, 0.717) is 5.02 Å². The summed E-state index contributed by atoms with van der Waals surface area (Å²) in [6.45, 7) is 5.45. The molecule has 0 bridgehead atoms. The molecule has 0 aromatic heterocycles. The quantitative estimate of drug-likeness (QED) is 0.747. The van der Waals surface area contributed by atoms with Gasteiger partial charge < -0.3 is 5.32 Å². The van der Waals surface area contributed by atoms with Gasteiger partial charge in [0.05, 0.1) is 23.0 Å². The maximum absolute atomic E-state index is 12.5. The van der Waals surface area contributed by atoms with Crippen molar-refractivity contribution in [2.24, 2.45) is 0 Å². The highest BCUT2D eigenvalue weighted by atomic mass is 35.5. The third-order valence-corrected chi connectivity index (χ3v) is 5.80. The molecule has 0 aliphatic carbocycles. The number of halogens is 2. The van der Waals surface area contributed by atoms with Crippen LogP contribution >= 0.6 is 23.2 Å². The van der Waals surface area contributed by atoms with Crippen LogP contribution in [0, 0.1) is 13.8 Å². The Morgan fingerprint density at radius 1 is 1.15 bits per heavy atom. The standard InChI is InChI=1S/C19H22Cl2N2O3S/c1-12-5-7-16(13(2)9-12)14(3)22-19(24)11-23(27(4,25)26)18-8-6-15(20)10-17(18)21/h5-10,14H,11H2,1-4H3,(H,22,24). The normalized spacial score (nSPS) is 12.5. The van der Waals surface area contributed by atoms with E-state index in [4.69, 9.17) is 23.2 Å². The summed E-state index contributed by atoms with van der Waals surface area (Å²) in [5.41, 5.74) is 3.38. The van der Waals surface area contributed by atoms with Gasteiger partial charge in [-0.25, -0.2) is 8.42 Å². The topological polar surface area (TPSA) is 66.5 Å². The molecule has 1 unspecified atom stereocenters. The van der Waals surface area contributed by atoms with Crippen molar-refractivity contribution in [2.75, 3.05) is 17.1 Å². The van der Waals surface area contributed by atoms with Crippen molar-refractivity contribution in [3.8, 4) is 0 Å². The monoisotopic (exact) mass is 428 g/mol. The number of anilines is 1. The molecular weight excluding hydrogens is 407 g/mol. The van der Waals surface area contributed by atoms with Crippen molar-refractivity contribution in [3.05, 3.63) is 63.1 Å². The average Bonchev–Trinajstić information content (AvgIpc) is 2.52. The predicted molar refractivity (Wildman–Crippen MR) is 111 cm³/mol. The Morgan fingerprint density at radius 2 is 1.81 bits per heavy atom. The van der Waals surface area contributed by atoms with Gasteiger partial charge in [-0.05, 0) is 50.1 Å². The fraction of sp³-hybridized carbons (Fsp3) is 0.316. The van der Waals surface area contributed by atoms with Crippen LogP contribution in [0.2, 0.25) is 10.0 Å². The first kappa shape index (κ1) is 21.5. The summed E-state index contributed by atoms with van der Waals surface area (Å²) in [5.74, 6) is -0.432. The van der Waals surface area contributed by atoms with Crippen molar-refractivity contribution >= 4 is 44.8 Å². The second-order valence-corrected chi connectivity index (χ2v) is 9.27. The van der Waals surface area contributed by atoms with E-state index in [9.17, 15) is 13.2 Å². The molecule has 0 radical (unpaired) electrons. The molecule has 8 heteroatoms. The zero-order valence-corrected chi connectivity index (χ0v) is 17.9. The number of aryl methyl sites for hydroxylation is 2. The van der Waals surface area contributed by atoms with Gasteiger partial charge in [-0.15, -0.1) is 0 Å². The van der Waals surface area contributed by atoms with Crippen LogP contribution < -0.4 is 9.62 Å². The summed E-state index contributed by atoms with van der Waals surface area (Å²) in [4.78, 5) is 12.5. The van der Waals surface area contributed by atoms with Crippen LogP contribution in [-0.2, 0) is 14.8 Å². The molecule has 146 valence electrons. The molecule has 0 aliphatic rings. The van der Waals surface area contributed by atoms with Crippen molar-refractivity contribution in [1.82, 2.24) is 5.32 Å². The molecular formula is C19H22Cl2N2O3S. The van der Waals surface area contributed by atoms with Crippen molar-refractivity contribution in [1.29, 1.82) is 0 Å². The number of carbonyl (C=O) groups excluding carboxylic acids is 1. The van der Waals surface area contributed by atoms with E-state index in [-0.39, 0.29) is 23.3 Å². The molecule has 2 aromatic carbocycles. The first-order valence-corrected chi connectivity index (χ1v) is 10.9. The number of rotatable bonds is 6. The largest absolute Gasteiger partial charge is 0.348 e. The smallest absolute Gasteiger partial charge is 0.241 e. The van der Waals surface area contributed by atoms with Crippen LogP contribution in [0.15, 0.2) is 36.4 Å². The summed E-state index contributed by atoms with van der Waals surface area (Å²) in [5, 5.41) is 3.38. The molecule has 1 N–H and O–H groups in total. The minimum atomic E-state index is -3.72. The van der Waals surface area contributed by atoms with E-state index in [0.717, 1.165) is 27.3 Å². The second kappa shape index (κ2) is 8.50. The van der Waals surface area contributed by atoms with Crippen LogP contribution in [0.1, 0.15) is 29.7 Å². The van der Waals surface area contributed by atoms with E-state index in [2.05, 4.69) is 5.32 Å². The number of benzene rings is 2. The minimum absolute atomic E-state index is 0.156. The molecule has 0 spiro atoms. The van der Waals surface area contributed by atoms with Crippen LogP contribution in [0.5, 0.6) is 0 Å². The number of hydrogen-bond acceptors (Lipinski definition) is 3. The Labute approximate surface area is 170 Å². The lowest BCUT2D eigenvalue weighted by Gasteiger charge is -2.24. The molecule has 1 atom stereocenters. The van der Waals surface area contributed by atoms with Gasteiger partial charge in [0.25, 0.3) is 0 Å². The lowest BCUT2D eigenvalue weighted by atomic mass is 10.0. The number of nitrogens with zero attached hydrogens (tertiary/aromatic N) is 1. The number of hydrogen-bond donors (Lipinski definition) is 1. The predicted octanol–water partition coefficient (Wildman–Crippen LogP) is 4.25. The highest BCUT2D eigenvalue weighted by molar-refractivity contribution is 7.92. The van der Waals surface area contributed by atoms with Crippen molar-refractivity contribution in [2.45, 2.75) is 26.8 Å². The highest BCUT2D eigenvalue weighted by Crippen LogP contribution is 2.30. The number of sulfonamides is 1. The summed E-state index contributed by atoms with van der Waals surface area (Å²) in [6.07, 6.45) is 1.03. The Balaban J connectivity index is 2.21. The molecule has 0 heterocycles. The summed E-state index contributed by atoms with van der Waals surface area (Å²) in [7, 11) is -3.72. The van der Waals surface area contributed by atoms with E-state index in [1.807, 2.05) is 39.0 Å². The molecule has 27 heavy (non-hydrogen) atoms. The Hall–Kier alpha value is -1.76. The van der Waals surface area contributed by atoms with Gasteiger partial charge in [0.15, 0.2) is 0 Å². The zero-order chi connectivity index (χ0) is 20.4. The van der Waals surface area contributed by atoms with E-state index in [1.54, 1.807) is 0 Å². The SMILES string of the molecule is Cc1ccc(C(C)NC(=O)CN(c2ccc(Cl)cc2Cl)S(C)(=O)=O)c(C)c1. The van der Waals surface area contributed by atoms with Gasteiger partial charge >= 0.3 is 0 Å². The molecule has 2 rings (SSSR count). The molecule has 0 saturated carbocycles. The highest BCUT2D eigenvalue weighted by Gasteiger charge is 2.24. The molecule has 2 aromatic rings. The first-order chi connectivity index (χ1) is 12.5. The fourth-order valence-corrected chi connectivity index (χ4v) is 4.30. The van der Waals surface area contributed by atoms with Crippen LogP contribution in [0.4, 0.5) is 5.69 Å². The molecule has 5 nitrogen and oxygen atoms in total. The number of carbonyl (C=O) groups is 1. The molecule has 0 fully saturated rings. The van der Waals surface area contributed by atoms with Gasteiger partial charge in [-0.1, -0.05) is 47.0 Å². The first-order valence-electron chi connectivity index (χ1n) is 8.28. The second-order valence-electron chi connectivity index (χ2n) is 6.51. The van der Waals surface area contributed by atoms with Crippen molar-refractivity contribution < 1.29 is 13.2 Å². The van der Waals surface area contributed by atoms with E-state index in [1.165, 1.54) is 18.2 Å². The summed E-state index contributed by atoms with van der Waals surface area (Å²) < 4.78 is 25.4. The van der Waals surface area contributed by atoms with Crippen LogP contribution in [0.3, 0.4) is 0 Å². The Bertz CT molecular complexity index is 961. The lowest BCUT2D eigenvalue weighted by Crippen LogP contribution is -2.41. The third-order valence-electron chi connectivity index (χ3n) is 4.14. The molecule has 0 aliphatic heterocycles. The van der Waals surface area contributed by atoms with E-state index < -0.39 is 15.9 Å². The van der Waals surface area contributed by atoms with Gasteiger partial charge in [0.2, 0.25) is 15.9 Å². The maximum atomic E-state index is 12.5. The molecule has 1 amide bonds. The number of amides is 1. The summed E-state index contributed by atoms with van der Waals surface area (Å²) in [6, 6.07) is 10.1. The molecule has 0 saturated heterocycles. The van der Waals surface area contributed by atoms with Gasteiger partial charge in [-0.3, -0.25) is 9.10 Å². The number of nitrogens with one attached hydrogen (secondary N) is 1. The zero-order valence-electron chi connectivity index (χ0n) is 15.6. The fourth-order valence-electron chi connectivity index (χ4n) is 2.87. The lowest BCUT2D eigenvalue weighted by molar-refractivity contribution is -0.120. The maximum Gasteiger partial charge on any atom is 0.241 e. The average molecular weight is 429 g/mol. The van der Waals surface area contributed by atoms with Gasteiger partial charge in [0.1, 0.15) is 6.54 Å². The van der Waals surface area contributed by atoms with Crippen LogP contribution in [-0.4, -0.2) is 27.1 Å². The van der Waals surface area contributed by atoms with Crippen LogP contribution in [0.25, 0.3) is 0 Å².